The van der Waals surface area contributed by atoms with Crippen LogP contribution in [0.5, 0.6) is 5.75 Å². The zero-order chi connectivity index (χ0) is 17.6. The normalized spacial score (nSPS) is 24.3. The molecule has 3 atom stereocenters. The molecule has 2 saturated heterocycles. The van der Waals surface area contributed by atoms with Crippen molar-refractivity contribution in [3.8, 4) is 5.75 Å². The lowest BCUT2D eigenvalue weighted by Gasteiger charge is -2.22. The minimum Gasteiger partial charge on any atom is -0.489 e. The SMILES string of the molecule is CCC(CNC(=O)N1CCC(C2CCOC2)C1)Oc1cccc(F)c1. The maximum absolute atomic E-state index is 13.2. The van der Waals surface area contributed by atoms with Crippen LogP contribution in [-0.2, 0) is 4.74 Å². The molecule has 3 rings (SSSR count). The highest BCUT2D eigenvalue weighted by molar-refractivity contribution is 5.74. The number of hydrogen-bond donors (Lipinski definition) is 1. The maximum atomic E-state index is 13.2. The number of carbonyl (C=O) groups excluding carboxylic acids is 1. The minimum absolute atomic E-state index is 0.0392. The van der Waals surface area contributed by atoms with Gasteiger partial charge in [0.1, 0.15) is 17.7 Å². The van der Waals surface area contributed by atoms with Gasteiger partial charge in [0.05, 0.1) is 6.54 Å². The largest absolute Gasteiger partial charge is 0.489 e. The predicted octanol–water partition coefficient (Wildman–Crippen LogP) is 3.05. The fourth-order valence-electron chi connectivity index (χ4n) is 3.60. The average Bonchev–Trinajstić information content (AvgIpc) is 3.29. The summed E-state index contributed by atoms with van der Waals surface area (Å²) in [5.41, 5.74) is 0. The maximum Gasteiger partial charge on any atom is 0.317 e. The first kappa shape index (κ1) is 18.0. The van der Waals surface area contributed by atoms with Gasteiger partial charge in [-0.1, -0.05) is 13.0 Å². The predicted molar refractivity (Wildman–Crippen MR) is 93.1 cm³/mol. The van der Waals surface area contributed by atoms with Gasteiger partial charge in [-0.2, -0.15) is 0 Å². The molecule has 1 aromatic carbocycles. The molecule has 6 heteroatoms. The van der Waals surface area contributed by atoms with E-state index in [2.05, 4.69) is 5.32 Å². The van der Waals surface area contributed by atoms with Crippen LogP contribution >= 0.6 is 0 Å². The molecule has 0 aromatic heterocycles. The Morgan fingerprint density at radius 2 is 2.32 bits per heavy atom. The number of carbonyl (C=O) groups is 1. The van der Waals surface area contributed by atoms with E-state index in [1.165, 1.54) is 12.1 Å². The van der Waals surface area contributed by atoms with Gasteiger partial charge in [0, 0.05) is 32.4 Å². The van der Waals surface area contributed by atoms with E-state index < -0.39 is 0 Å². The lowest BCUT2D eigenvalue weighted by atomic mass is 9.91. The first-order valence-electron chi connectivity index (χ1n) is 9.18. The second-order valence-corrected chi connectivity index (χ2v) is 6.91. The van der Waals surface area contributed by atoms with E-state index in [9.17, 15) is 9.18 Å². The number of nitrogens with one attached hydrogen (secondary N) is 1. The van der Waals surface area contributed by atoms with Crippen LogP contribution in [0.1, 0.15) is 26.2 Å². The summed E-state index contributed by atoms with van der Waals surface area (Å²) < 4.78 is 24.5. The molecule has 0 saturated carbocycles. The molecule has 0 bridgehead atoms. The first-order chi connectivity index (χ1) is 12.2. The van der Waals surface area contributed by atoms with Gasteiger partial charge in [-0.3, -0.25) is 0 Å². The van der Waals surface area contributed by atoms with Crippen molar-refractivity contribution < 1.29 is 18.7 Å². The van der Waals surface area contributed by atoms with Crippen molar-refractivity contribution in [1.29, 1.82) is 0 Å². The Labute approximate surface area is 148 Å². The summed E-state index contributed by atoms with van der Waals surface area (Å²) in [7, 11) is 0. The second-order valence-electron chi connectivity index (χ2n) is 6.91. The highest BCUT2D eigenvalue weighted by Gasteiger charge is 2.33. The third-order valence-electron chi connectivity index (χ3n) is 5.18. The molecule has 2 heterocycles. The number of amides is 2. The Kier molecular flexibility index (Phi) is 6.13. The molecule has 0 radical (unpaired) electrons. The number of nitrogens with zero attached hydrogens (tertiary/aromatic N) is 1. The average molecular weight is 350 g/mol. The van der Waals surface area contributed by atoms with Gasteiger partial charge in [-0.15, -0.1) is 0 Å². The third-order valence-corrected chi connectivity index (χ3v) is 5.18. The Balaban J connectivity index is 1.44. The molecule has 0 spiro atoms. The lowest BCUT2D eigenvalue weighted by molar-refractivity contribution is 0.167. The zero-order valence-corrected chi connectivity index (χ0v) is 14.7. The monoisotopic (exact) mass is 350 g/mol. The van der Waals surface area contributed by atoms with E-state index >= 15 is 0 Å². The zero-order valence-electron chi connectivity index (χ0n) is 14.7. The van der Waals surface area contributed by atoms with Crippen LogP contribution in [0, 0.1) is 17.7 Å². The molecular weight excluding hydrogens is 323 g/mol. The molecule has 3 unspecified atom stereocenters. The van der Waals surface area contributed by atoms with Crippen molar-refractivity contribution in [2.75, 3.05) is 32.8 Å². The Morgan fingerprint density at radius 1 is 1.44 bits per heavy atom. The first-order valence-corrected chi connectivity index (χ1v) is 9.18. The number of urea groups is 1. The van der Waals surface area contributed by atoms with Gasteiger partial charge in [-0.05, 0) is 43.2 Å². The van der Waals surface area contributed by atoms with E-state index in [4.69, 9.17) is 9.47 Å². The number of hydrogen-bond acceptors (Lipinski definition) is 3. The lowest BCUT2D eigenvalue weighted by Crippen LogP contribution is -2.43. The van der Waals surface area contributed by atoms with Gasteiger partial charge >= 0.3 is 6.03 Å². The summed E-state index contributed by atoms with van der Waals surface area (Å²) in [6.45, 7) is 5.69. The molecule has 2 aliphatic heterocycles. The molecule has 1 aromatic rings. The standard InChI is InChI=1S/C19H27FN2O3/c1-2-17(25-18-5-3-4-16(20)10-18)11-21-19(23)22-8-6-14(12-22)15-7-9-24-13-15/h3-5,10,14-15,17H,2,6-9,11-13H2,1H3,(H,21,23). The topological polar surface area (TPSA) is 50.8 Å². The Morgan fingerprint density at radius 3 is 3.04 bits per heavy atom. The molecule has 2 fully saturated rings. The van der Waals surface area contributed by atoms with Gasteiger partial charge < -0.3 is 19.7 Å². The molecule has 1 N–H and O–H groups in total. The number of benzene rings is 1. The number of likely N-dealkylation sites (tertiary alicyclic amines) is 1. The quantitative estimate of drug-likeness (QED) is 0.858. The van der Waals surface area contributed by atoms with E-state index in [0.717, 1.165) is 45.6 Å². The number of halogens is 1. The summed E-state index contributed by atoms with van der Waals surface area (Å²) >= 11 is 0. The second kappa shape index (κ2) is 8.52. The van der Waals surface area contributed by atoms with Crippen molar-refractivity contribution in [2.45, 2.75) is 32.3 Å². The van der Waals surface area contributed by atoms with Crippen molar-refractivity contribution in [1.82, 2.24) is 10.2 Å². The molecule has 138 valence electrons. The highest BCUT2D eigenvalue weighted by Crippen LogP contribution is 2.29. The Bertz CT molecular complexity index is 578. The van der Waals surface area contributed by atoms with Crippen LogP contribution < -0.4 is 10.1 Å². The summed E-state index contributed by atoms with van der Waals surface area (Å²) in [4.78, 5) is 14.3. The minimum atomic E-state index is -0.324. The summed E-state index contributed by atoms with van der Waals surface area (Å²) in [5.74, 6) is 1.32. The summed E-state index contributed by atoms with van der Waals surface area (Å²) in [6.07, 6.45) is 2.73. The Hall–Kier alpha value is -1.82. The van der Waals surface area contributed by atoms with Crippen LogP contribution in [0.4, 0.5) is 9.18 Å². The van der Waals surface area contributed by atoms with E-state index in [1.807, 2.05) is 11.8 Å². The molecule has 25 heavy (non-hydrogen) atoms. The van der Waals surface area contributed by atoms with E-state index in [1.54, 1.807) is 12.1 Å². The molecule has 2 amide bonds. The van der Waals surface area contributed by atoms with Crippen LogP contribution in [0.3, 0.4) is 0 Å². The van der Waals surface area contributed by atoms with Crippen LogP contribution in [-0.4, -0.2) is 49.9 Å². The van der Waals surface area contributed by atoms with Crippen molar-refractivity contribution in [3.63, 3.8) is 0 Å². The van der Waals surface area contributed by atoms with Gasteiger partial charge in [0.15, 0.2) is 0 Å². The molecule has 0 aliphatic carbocycles. The van der Waals surface area contributed by atoms with Gasteiger partial charge in [0.25, 0.3) is 0 Å². The molecule has 5 nitrogen and oxygen atoms in total. The highest BCUT2D eigenvalue weighted by atomic mass is 19.1. The number of ether oxygens (including phenoxy) is 2. The summed E-state index contributed by atoms with van der Waals surface area (Å²) in [5, 5.41) is 2.96. The van der Waals surface area contributed by atoms with E-state index in [0.29, 0.717) is 24.1 Å². The molecule has 2 aliphatic rings. The van der Waals surface area contributed by atoms with Crippen molar-refractivity contribution in [2.24, 2.45) is 11.8 Å². The molecular formula is C19H27FN2O3. The fourth-order valence-corrected chi connectivity index (χ4v) is 3.60. The van der Waals surface area contributed by atoms with E-state index in [-0.39, 0.29) is 18.0 Å². The summed E-state index contributed by atoms with van der Waals surface area (Å²) in [6, 6.07) is 6.05. The van der Waals surface area contributed by atoms with Crippen LogP contribution in [0.15, 0.2) is 24.3 Å². The van der Waals surface area contributed by atoms with Crippen LogP contribution in [0.25, 0.3) is 0 Å². The van der Waals surface area contributed by atoms with Crippen molar-refractivity contribution in [3.05, 3.63) is 30.1 Å². The smallest absolute Gasteiger partial charge is 0.317 e. The van der Waals surface area contributed by atoms with Crippen LogP contribution in [0.2, 0.25) is 0 Å². The van der Waals surface area contributed by atoms with Gasteiger partial charge in [-0.25, -0.2) is 9.18 Å². The fraction of sp³-hybridized carbons (Fsp3) is 0.632. The van der Waals surface area contributed by atoms with Crippen molar-refractivity contribution >= 4 is 6.03 Å². The van der Waals surface area contributed by atoms with Gasteiger partial charge in [0.2, 0.25) is 0 Å². The number of rotatable bonds is 6. The third kappa shape index (κ3) is 4.84.